The lowest BCUT2D eigenvalue weighted by Crippen LogP contribution is -2.45. The summed E-state index contributed by atoms with van der Waals surface area (Å²) in [4.78, 5) is 13.9. The maximum atomic E-state index is 13.9. The fourth-order valence-corrected chi connectivity index (χ4v) is 7.27. The van der Waals surface area contributed by atoms with E-state index < -0.39 is 13.9 Å². The molecule has 0 radical (unpaired) electrons. The van der Waals surface area contributed by atoms with Crippen molar-refractivity contribution < 1.29 is 18.7 Å². The molecule has 0 aliphatic rings. The summed E-state index contributed by atoms with van der Waals surface area (Å²) in [7, 11) is -0.449. The summed E-state index contributed by atoms with van der Waals surface area (Å²) in [5.74, 6) is 7.31. The molecule has 0 atom stereocenters. The molecule has 4 nitrogen and oxygen atoms in total. The van der Waals surface area contributed by atoms with Gasteiger partial charge in [-0.2, -0.15) is 0 Å². The van der Waals surface area contributed by atoms with E-state index in [1.54, 1.807) is 7.11 Å². The van der Waals surface area contributed by atoms with Crippen LogP contribution in [-0.2, 0) is 28.0 Å². The average molecular weight is 605 g/mol. The fourth-order valence-electron chi connectivity index (χ4n) is 4.99. The van der Waals surface area contributed by atoms with Gasteiger partial charge in [0.15, 0.2) is 13.9 Å². The van der Waals surface area contributed by atoms with Gasteiger partial charge >= 0.3 is 0 Å². The van der Waals surface area contributed by atoms with Crippen LogP contribution in [0, 0.1) is 17.8 Å². The van der Waals surface area contributed by atoms with Crippen LogP contribution in [0.4, 0.5) is 0 Å². The molecule has 0 heterocycles. The third-order valence-electron chi connectivity index (χ3n) is 9.17. The van der Waals surface area contributed by atoms with E-state index in [1.165, 1.54) is 0 Å². The summed E-state index contributed by atoms with van der Waals surface area (Å²) >= 11 is 0. The first-order chi connectivity index (χ1) is 21.0. The lowest BCUT2D eigenvalue weighted by molar-refractivity contribution is 0.0134. The number of methoxy groups -OCH3 is 1. The Labute approximate surface area is 264 Å². The monoisotopic (exact) mass is 604 g/mol. The molecule has 0 spiro atoms. The Kier molecular flexibility index (Phi) is 10.6. The van der Waals surface area contributed by atoms with Crippen molar-refractivity contribution in [2.75, 3.05) is 7.11 Å². The quantitative estimate of drug-likeness (QED) is 0.0700. The lowest BCUT2D eigenvalue weighted by Gasteiger charge is -2.42. The summed E-state index contributed by atoms with van der Waals surface area (Å²) in [6.45, 7) is 14.2. The van der Waals surface area contributed by atoms with E-state index in [9.17, 15) is 4.79 Å². The smallest absolute Gasteiger partial charge is 0.236 e. The van der Waals surface area contributed by atoms with Crippen LogP contribution in [0.25, 0.3) is 0 Å². The Bertz CT molecular complexity index is 1540. The normalized spacial score (nSPS) is 12.0. The minimum Gasteiger partial charge on any atom is -0.497 e. The highest BCUT2D eigenvalue weighted by Crippen LogP contribution is 2.45. The summed E-state index contributed by atoms with van der Waals surface area (Å²) in [5.41, 5.74) is 2.88. The Morgan fingerprint density at radius 2 is 1.32 bits per heavy atom. The van der Waals surface area contributed by atoms with Gasteiger partial charge in [-0.1, -0.05) is 119 Å². The van der Waals surface area contributed by atoms with Gasteiger partial charge in [-0.3, -0.25) is 4.79 Å². The zero-order chi connectivity index (χ0) is 31.8. The molecule has 0 amide bonds. The maximum Gasteiger partial charge on any atom is 0.236 e. The molecule has 4 aromatic rings. The number of benzene rings is 4. The van der Waals surface area contributed by atoms with Crippen molar-refractivity contribution in [3.05, 3.63) is 137 Å². The van der Waals surface area contributed by atoms with Crippen molar-refractivity contribution in [3.8, 4) is 17.6 Å². The van der Waals surface area contributed by atoms with Crippen LogP contribution < -0.4 is 4.74 Å². The zero-order valence-corrected chi connectivity index (χ0v) is 28.0. The highest BCUT2D eigenvalue weighted by Gasteiger charge is 2.43. The number of Topliss-reactive ketones (excluding diaryl/α,β-unsaturated/α-hetero) is 1. The van der Waals surface area contributed by atoms with Crippen molar-refractivity contribution in [2.24, 2.45) is 5.92 Å². The number of hydrogen-bond donors (Lipinski definition) is 0. The molecular weight excluding hydrogens is 561 g/mol. The standard InChI is InChI=1S/C39H44O4Si/c1-30(2)38(3,4)44(6,7)43-29-32-16-14-15-21-36(32)37(40)26-27-39(33-17-10-8-11-18-33,34-19-12-9-13-20-34)42-28-31-22-24-35(41-5)25-23-31/h8-25,30H,28-29H2,1-7H3. The largest absolute Gasteiger partial charge is 0.497 e. The zero-order valence-electron chi connectivity index (χ0n) is 27.0. The third-order valence-corrected chi connectivity index (χ3v) is 13.7. The average Bonchev–Trinajstić information content (AvgIpc) is 3.05. The van der Waals surface area contributed by atoms with Gasteiger partial charge < -0.3 is 13.9 Å². The molecular formula is C39H44O4Si. The molecule has 0 aromatic heterocycles. The summed E-state index contributed by atoms with van der Waals surface area (Å²) in [6.07, 6.45) is 0. The SMILES string of the molecule is COc1ccc(COC(C#CC(=O)c2ccccc2CO[Si](C)(C)C(C)(C)C(C)C)(c2ccccc2)c2ccccc2)cc1. The van der Waals surface area contributed by atoms with E-state index in [0.29, 0.717) is 18.1 Å². The molecule has 4 aromatic carbocycles. The van der Waals surface area contributed by atoms with Crippen LogP contribution in [0.15, 0.2) is 109 Å². The second kappa shape index (κ2) is 14.2. The van der Waals surface area contributed by atoms with Crippen molar-refractivity contribution in [1.82, 2.24) is 0 Å². The van der Waals surface area contributed by atoms with Crippen molar-refractivity contribution in [1.29, 1.82) is 0 Å². The van der Waals surface area contributed by atoms with Crippen molar-refractivity contribution >= 4 is 14.1 Å². The number of ether oxygens (including phenoxy) is 2. The molecule has 4 rings (SSSR count). The van der Waals surface area contributed by atoms with Crippen LogP contribution in [-0.4, -0.2) is 21.2 Å². The predicted octanol–water partition coefficient (Wildman–Crippen LogP) is 9.20. The van der Waals surface area contributed by atoms with Crippen molar-refractivity contribution in [2.45, 2.75) is 64.6 Å². The van der Waals surface area contributed by atoms with Gasteiger partial charge in [0.2, 0.25) is 5.78 Å². The number of carbonyl (C=O) groups is 1. The van der Waals surface area contributed by atoms with E-state index in [0.717, 1.165) is 28.0 Å². The molecule has 228 valence electrons. The molecule has 5 heteroatoms. The predicted molar refractivity (Wildman–Crippen MR) is 181 cm³/mol. The number of carbonyl (C=O) groups excluding carboxylic acids is 1. The minimum absolute atomic E-state index is 0.0674. The third kappa shape index (κ3) is 7.39. The second-order valence-corrected chi connectivity index (χ2v) is 17.1. The highest BCUT2D eigenvalue weighted by molar-refractivity contribution is 6.74. The van der Waals surface area contributed by atoms with Gasteiger partial charge in [0.1, 0.15) is 5.75 Å². The molecule has 0 fully saturated rings. The van der Waals surface area contributed by atoms with E-state index in [4.69, 9.17) is 13.9 Å². The molecule has 0 aliphatic heterocycles. The van der Waals surface area contributed by atoms with Crippen LogP contribution >= 0.6 is 0 Å². The Balaban J connectivity index is 1.72. The van der Waals surface area contributed by atoms with Crippen LogP contribution in [0.5, 0.6) is 5.75 Å². The number of hydrogen-bond acceptors (Lipinski definition) is 4. The van der Waals surface area contributed by atoms with Gasteiger partial charge in [-0.25, -0.2) is 0 Å². The number of rotatable bonds is 12. The van der Waals surface area contributed by atoms with Gasteiger partial charge in [0, 0.05) is 16.7 Å². The van der Waals surface area contributed by atoms with Crippen LogP contribution in [0.2, 0.25) is 18.1 Å². The summed E-state index contributed by atoms with van der Waals surface area (Å²) in [5, 5.41) is 0.0674. The molecule has 44 heavy (non-hydrogen) atoms. The van der Waals surface area contributed by atoms with Crippen molar-refractivity contribution in [3.63, 3.8) is 0 Å². The number of ketones is 1. The first kappa shape index (κ1) is 33.0. The fraction of sp³-hybridized carbons (Fsp3) is 0.308. The van der Waals surface area contributed by atoms with E-state index >= 15 is 0 Å². The van der Waals surface area contributed by atoms with E-state index in [-0.39, 0.29) is 17.4 Å². The topological polar surface area (TPSA) is 44.8 Å². The lowest BCUT2D eigenvalue weighted by atomic mass is 9.86. The molecule has 0 bridgehead atoms. The first-order valence-electron chi connectivity index (χ1n) is 15.2. The Hall–Kier alpha value is -3.95. The maximum absolute atomic E-state index is 13.9. The molecule has 0 saturated heterocycles. The van der Waals surface area contributed by atoms with Gasteiger partial charge in [-0.05, 0) is 65.2 Å². The Morgan fingerprint density at radius 1 is 0.773 bits per heavy atom. The van der Waals surface area contributed by atoms with Gasteiger partial charge in [-0.15, -0.1) is 0 Å². The minimum atomic E-state index is -2.10. The second-order valence-electron chi connectivity index (χ2n) is 12.5. The van der Waals surface area contributed by atoms with Gasteiger partial charge in [0.05, 0.1) is 20.3 Å². The molecule has 0 aliphatic carbocycles. The Morgan fingerprint density at radius 3 is 1.86 bits per heavy atom. The highest BCUT2D eigenvalue weighted by atomic mass is 28.4. The summed E-state index contributed by atoms with van der Waals surface area (Å²) < 4.78 is 18.7. The van der Waals surface area contributed by atoms with E-state index in [1.807, 2.05) is 109 Å². The van der Waals surface area contributed by atoms with Gasteiger partial charge in [0.25, 0.3) is 0 Å². The molecule has 0 unspecified atom stereocenters. The molecule has 0 N–H and O–H groups in total. The first-order valence-corrected chi connectivity index (χ1v) is 18.1. The molecule has 0 saturated carbocycles. The van der Waals surface area contributed by atoms with E-state index in [2.05, 4.69) is 52.6 Å². The van der Waals surface area contributed by atoms with Crippen LogP contribution in [0.3, 0.4) is 0 Å². The summed E-state index contributed by atoms with van der Waals surface area (Å²) in [6, 6.07) is 35.1. The van der Waals surface area contributed by atoms with Crippen LogP contribution in [0.1, 0.15) is 60.3 Å².